The largest absolute Gasteiger partial charge is 0.497 e. The van der Waals surface area contributed by atoms with E-state index in [2.05, 4.69) is 30.4 Å². The van der Waals surface area contributed by atoms with Crippen molar-refractivity contribution in [3.8, 4) is 5.75 Å². The highest BCUT2D eigenvalue weighted by molar-refractivity contribution is 5.29. The maximum atomic E-state index is 5.85. The first-order chi connectivity index (χ1) is 10.2. The van der Waals surface area contributed by atoms with Crippen molar-refractivity contribution in [2.24, 2.45) is 5.41 Å². The van der Waals surface area contributed by atoms with E-state index in [0.717, 1.165) is 44.9 Å². The minimum Gasteiger partial charge on any atom is -0.497 e. The maximum Gasteiger partial charge on any atom is 0.119 e. The van der Waals surface area contributed by atoms with Gasteiger partial charge < -0.3 is 19.5 Å². The lowest BCUT2D eigenvalue weighted by atomic mass is 9.76. The molecule has 1 aromatic carbocycles. The SMILES string of the molecule is COCCNCC1(Cc2cccc(OC)c2)CCOC1C. The Labute approximate surface area is 127 Å². The van der Waals surface area contributed by atoms with E-state index in [0.29, 0.717) is 0 Å². The molecule has 1 aromatic rings. The molecule has 21 heavy (non-hydrogen) atoms. The van der Waals surface area contributed by atoms with Crippen molar-refractivity contribution in [2.75, 3.05) is 40.5 Å². The first-order valence-corrected chi connectivity index (χ1v) is 7.64. The molecule has 0 spiro atoms. The average molecular weight is 293 g/mol. The fourth-order valence-corrected chi connectivity index (χ4v) is 3.05. The van der Waals surface area contributed by atoms with Gasteiger partial charge in [-0.2, -0.15) is 0 Å². The molecule has 1 saturated heterocycles. The lowest BCUT2D eigenvalue weighted by Crippen LogP contribution is -2.42. The Bertz CT molecular complexity index is 438. The summed E-state index contributed by atoms with van der Waals surface area (Å²) in [5, 5.41) is 3.51. The standard InChI is InChI=1S/C17H27NO3/c1-14-17(7-9-21-14,13-18-8-10-19-2)12-15-5-4-6-16(11-15)20-3/h4-6,11,14,18H,7-10,12-13H2,1-3H3. The van der Waals surface area contributed by atoms with E-state index in [4.69, 9.17) is 14.2 Å². The number of rotatable bonds is 8. The molecule has 4 heteroatoms. The monoisotopic (exact) mass is 293 g/mol. The molecule has 2 unspecified atom stereocenters. The normalized spacial score (nSPS) is 25.2. The van der Waals surface area contributed by atoms with Gasteiger partial charge in [-0.3, -0.25) is 0 Å². The Morgan fingerprint density at radius 2 is 2.24 bits per heavy atom. The summed E-state index contributed by atoms with van der Waals surface area (Å²) >= 11 is 0. The third-order valence-electron chi connectivity index (χ3n) is 4.48. The van der Waals surface area contributed by atoms with Crippen molar-refractivity contribution in [3.05, 3.63) is 29.8 Å². The highest BCUT2D eigenvalue weighted by Crippen LogP contribution is 2.38. The minimum absolute atomic E-state index is 0.153. The smallest absolute Gasteiger partial charge is 0.119 e. The van der Waals surface area contributed by atoms with Crippen LogP contribution in [0.3, 0.4) is 0 Å². The quantitative estimate of drug-likeness (QED) is 0.746. The van der Waals surface area contributed by atoms with Crippen LogP contribution in [0.1, 0.15) is 18.9 Å². The second-order valence-corrected chi connectivity index (χ2v) is 5.82. The van der Waals surface area contributed by atoms with Gasteiger partial charge in [-0.1, -0.05) is 12.1 Å². The molecule has 1 aliphatic heterocycles. The van der Waals surface area contributed by atoms with Gasteiger partial charge in [0.15, 0.2) is 0 Å². The van der Waals surface area contributed by atoms with E-state index < -0.39 is 0 Å². The summed E-state index contributed by atoms with van der Waals surface area (Å²) in [6.07, 6.45) is 2.36. The molecular formula is C17H27NO3. The van der Waals surface area contributed by atoms with E-state index in [1.54, 1.807) is 14.2 Å². The van der Waals surface area contributed by atoms with Crippen LogP contribution in [-0.4, -0.2) is 46.6 Å². The summed E-state index contributed by atoms with van der Waals surface area (Å²) < 4.78 is 16.3. The van der Waals surface area contributed by atoms with Gasteiger partial charge in [0.1, 0.15) is 5.75 Å². The molecule has 2 atom stereocenters. The summed E-state index contributed by atoms with van der Waals surface area (Å²) in [5.74, 6) is 0.918. The van der Waals surface area contributed by atoms with Gasteiger partial charge in [-0.15, -0.1) is 0 Å². The minimum atomic E-state index is 0.153. The Morgan fingerprint density at radius 3 is 2.90 bits per heavy atom. The van der Waals surface area contributed by atoms with Crippen molar-refractivity contribution in [1.82, 2.24) is 5.32 Å². The van der Waals surface area contributed by atoms with Crippen molar-refractivity contribution in [1.29, 1.82) is 0 Å². The predicted molar refractivity (Wildman–Crippen MR) is 83.9 cm³/mol. The molecule has 118 valence electrons. The van der Waals surface area contributed by atoms with Crippen LogP contribution in [0.5, 0.6) is 5.75 Å². The number of hydrogen-bond acceptors (Lipinski definition) is 4. The van der Waals surface area contributed by atoms with E-state index >= 15 is 0 Å². The predicted octanol–water partition coefficient (Wildman–Crippen LogP) is 2.27. The van der Waals surface area contributed by atoms with Gasteiger partial charge in [0.25, 0.3) is 0 Å². The van der Waals surface area contributed by atoms with E-state index in [1.165, 1.54) is 5.56 Å². The first-order valence-electron chi connectivity index (χ1n) is 7.64. The highest BCUT2D eigenvalue weighted by Gasteiger charge is 2.41. The maximum absolute atomic E-state index is 5.85. The number of benzene rings is 1. The van der Waals surface area contributed by atoms with Crippen molar-refractivity contribution >= 4 is 0 Å². The molecule has 0 saturated carbocycles. The number of ether oxygens (including phenoxy) is 3. The molecule has 0 radical (unpaired) electrons. The van der Waals surface area contributed by atoms with Gasteiger partial charge in [-0.25, -0.2) is 0 Å². The second kappa shape index (κ2) is 7.78. The van der Waals surface area contributed by atoms with Crippen molar-refractivity contribution in [2.45, 2.75) is 25.9 Å². The zero-order valence-electron chi connectivity index (χ0n) is 13.4. The summed E-state index contributed by atoms with van der Waals surface area (Å²) in [7, 11) is 3.44. The lowest BCUT2D eigenvalue weighted by molar-refractivity contribution is 0.0619. The molecular weight excluding hydrogens is 266 g/mol. The molecule has 2 rings (SSSR count). The van der Waals surface area contributed by atoms with Gasteiger partial charge in [0.05, 0.1) is 19.8 Å². The summed E-state index contributed by atoms with van der Waals surface area (Å²) in [6, 6.07) is 8.34. The zero-order chi connectivity index (χ0) is 15.1. The van der Waals surface area contributed by atoms with Gasteiger partial charge >= 0.3 is 0 Å². The van der Waals surface area contributed by atoms with Gasteiger partial charge in [0, 0.05) is 32.2 Å². The molecule has 4 nitrogen and oxygen atoms in total. The fraction of sp³-hybridized carbons (Fsp3) is 0.647. The third kappa shape index (κ3) is 4.19. The van der Waals surface area contributed by atoms with Crippen LogP contribution in [-0.2, 0) is 15.9 Å². The Kier molecular flexibility index (Phi) is 6.03. The van der Waals surface area contributed by atoms with Crippen molar-refractivity contribution < 1.29 is 14.2 Å². The third-order valence-corrected chi connectivity index (χ3v) is 4.48. The molecule has 1 heterocycles. The van der Waals surface area contributed by atoms with Crippen LogP contribution < -0.4 is 10.1 Å². The molecule has 1 N–H and O–H groups in total. The summed E-state index contributed by atoms with van der Waals surface area (Å²) in [4.78, 5) is 0. The van der Waals surface area contributed by atoms with Gasteiger partial charge in [-0.05, 0) is 37.5 Å². The molecule has 0 aromatic heterocycles. The zero-order valence-corrected chi connectivity index (χ0v) is 13.4. The number of methoxy groups -OCH3 is 2. The molecule has 0 bridgehead atoms. The number of hydrogen-bond donors (Lipinski definition) is 1. The summed E-state index contributed by atoms with van der Waals surface area (Å²) in [5.41, 5.74) is 1.46. The van der Waals surface area contributed by atoms with Crippen LogP contribution in [0, 0.1) is 5.41 Å². The topological polar surface area (TPSA) is 39.7 Å². The Hall–Kier alpha value is -1.10. The first kappa shape index (κ1) is 16.3. The van der Waals surface area contributed by atoms with Crippen LogP contribution >= 0.6 is 0 Å². The van der Waals surface area contributed by atoms with E-state index in [9.17, 15) is 0 Å². The summed E-state index contributed by atoms with van der Waals surface area (Å²) in [6.45, 7) is 5.60. The number of nitrogens with one attached hydrogen (secondary N) is 1. The molecule has 0 amide bonds. The van der Waals surface area contributed by atoms with Crippen LogP contribution in [0.2, 0.25) is 0 Å². The van der Waals surface area contributed by atoms with Crippen LogP contribution in [0.4, 0.5) is 0 Å². The second-order valence-electron chi connectivity index (χ2n) is 5.82. The lowest BCUT2D eigenvalue weighted by Gasteiger charge is -2.33. The van der Waals surface area contributed by atoms with Crippen LogP contribution in [0.15, 0.2) is 24.3 Å². The Morgan fingerprint density at radius 1 is 1.38 bits per heavy atom. The van der Waals surface area contributed by atoms with Crippen LogP contribution in [0.25, 0.3) is 0 Å². The van der Waals surface area contributed by atoms with E-state index in [1.807, 2.05) is 6.07 Å². The van der Waals surface area contributed by atoms with Gasteiger partial charge in [0.2, 0.25) is 0 Å². The highest BCUT2D eigenvalue weighted by atomic mass is 16.5. The van der Waals surface area contributed by atoms with Crippen molar-refractivity contribution in [3.63, 3.8) is 0 Å². The molecule has 1 aliphatic rings. The molecule has 1 fully saturated rings. The fourth-order valence-electron chi connectivity index (χ4n) is 3.05. The Balaban J connectivity index is 2.05. The average Bonchev–Trinajstić information content (AvgIpc) is 2.85. The molecule has 0 aliphatic carbocycles. The van der Waals surface area contributed by atoms with E-state index in [-0.39, 0.29) is 11.5 Å².